The van der Waals surface area contributed by atoms with E-state index in [1.807, 2.05) is 6.92 Å². The summed E-state index contributed by atoms with van der Waals surface area (Å²) in [5, 5.41) is 12.4. The van der Waals surface area contributed by atoms with E-state index in [4.69, 9.17) is 0 Å². The maximum absolute atomic E-state index is 13.2. The number of rotatable bonds is 3. The normalized spacial score (nSPS) is 26.4. The molecule has 1 aromatic carbocycles. The Bertz CT molecular complexity index is 494. The largest absolute Gasteiger partial charge is 0.396 e. The lowest BCUT2D eigenvalue weighted by Crippen LogP contribution is -2.44. The molecule has 1 fully saturated rings. The highest BCUT2D eigenvalue weighted by Crippen LogP contribution is 2.37. The predicted molar refractivity (Wildman–Crippen MR) is 74.4 cm³/mol. The first kappa shape index (κ1) is 14.5. The lowest BCUT2D eigenvalue weighted by atomic mass is 9.85. The fraction of sp³-hybridized carbons (Fsp3) is 0.500. The van der Waals surface area contributed by atoms with Crippen molar-refractivity contribution >= 4 is 21.8 Å². The van der Waals surface area contributed by atoms with Crippen molar-refractivity contribution in [1.82, 2.24) is 5.32 Å². The summed E-state index contributed by atoms with van der Waals surface area (Å²) in [6.45, 7) is 2.01. The number of carbonyl (C=O) groups excluding carboxylic acids is 1. The number of aliphatic hydroxyl groups is 1. The van der Waals surface area contributed by atoms with Gasteiger partial charge in [0, 0.05) is 15.9 Å². The second-order valence-corrected chi connectivity index (χ2v) is 6.21. The van der Waals surface area contributed by atoms with Crippen LogP contribution < -0.4 is 5.32 Å². The molecule has 0 heterocycles. The van der Waals surface area contributed by atoms with E-state index in [0.717, 1.165) is 19.3 Å². The van der Waals surface area contributed by atoms with Crippen LogP contribution in [0.25, 0.3) is 0 Å². The van der Waals surface area contributed by atoms with Crippen LogP contribution in [0.5, 0.6) is 0 Å². The minimum Gasteiger partial charge on any atom is -0.396 e. The van der Waals surface area contributed by atoms with Gasteiger partial charge in [-0.2, -0.15) is 0 Å². The Morgan fingerprint density at radius 1 is 1.63 bits per heavy atom. The number of amides is 1. The van der Waals surface area contributed by atoms with E-state index in [-0.39, 0.29) is 29.5 Å². The van der Waals surface area contributed by atoms with Gasteiger partial charge in [0.1, 0.15) is 5.82 Å². The van der Waals surface area contributed by atoms with Gasteiger partial charge in [-0.25, -0.2) is 4.39 Å². The highest BCUT2D eigenvalue weighted by atomic mass is 79.9. The van der Waals surface area contributed by atoms with Crippen LogP contribution in [-0.4, -0.2) is 23.7 Å². The zero-order valence-corrected chi connectivity index (χ0v) is 12.3. The van der Waals surface area contributed by atoms with Gasteiger partial charge >= 0.3 is 0 Å². The number of hydrogen-bond acceptors (Lipinski definition) is 2. The maximum atomic E-state index is 13.2. The van der Waals surface area contributed by atoms with Crippen molar-refractivity contribution < 1.29 is 14.3 Å². The number of carbonyl (C=O) groups is 1. The topological polar surface area (TPSA) is 49.3 Å². The molecule has 0 radical (unpaired) electrons. The van der Waals surface area contributed by atoms with Crippen LogP contribution in [0.15, 0.2) is 22.7 Å². The number of benzene rings is 1. The molecule has 3 nitrogen and oxygen atoms in total. The van der Waals surface area contributed by atoms with E-state index in [1.54, 1.807) is 0 Å². The molecular weight excluding hydrogens is 313 g/mol. The van der Waals surface area contributed by atoms with E-state index in [0.29, 0.717) is 4.47 Å². The van der Waals surface area contributed by atoms with Crippen LogP contribution in [0.2, 0.25) is 0 Å². The van der Waals surface area contributed by atoms with Crippen molar-refractivity contribution in [3.8, 4) is 0 Å². The summed E-state index contributed by atoms with van der Waals surface area (Å²) in [5.41, 5.74) is 0.00215. The fourth-order valence-corrected chi connectivity index (χ4v) is 3.00. The first-order chi connectivity index (χ1) is 8.96. The van der Waals surface area contributed by atoms with Crippen LogP contribution in [0, 0.1) is 11.2 Å². The lowest BCUT2D eigenvalue weighted by Gasteiger charge is -2.30. The van der Waals surface area contributed by atoms with Gasteiger partial charge in [-0.3, -0.25) is 4.79 Å². The molecular formula is C14H17BrFNO2. The molecule has 2 unspecified atom stereocenters. The van der Waals surface area contributed by atoms with Gasteiger partial charge in [0.25, 0.3) is 5.91 Å². The summed E-state index contributed by atoms with van der Waals surface area (Å²) in [6, 6.07) is 3.96. The average Bonchev–Trinajstić information content (AvgIpc) is 2.74. The molecule has 1 aromatic rings. The number of hydrogen-bond donors (Lipinski definition) is 2. The van der Waals surface area contributed by atoms with E-state index in [1.165, 1.54) is 18.2 Å². The quantitative estimate of drug-likeness (QED) is 0.895. The molecule has 0 aliphatic heterocycles. The molecule has 0 aromatic heterocycles. The van der Waals surface area contributed by atoms with E-state index in [2.05, 4.69) is 21.2 Å². The van der Waals surface area contributed by atoms with Crippen molar-refractivity contribution in [3.05, 3.63) is 34.1 Å². The highest BCUT2D eigenvalue weighted by Gasteiger charge is 2.39. The molecule has 1 aliphatic carbocycles. The SMILES string of the molecule is CC1(CO)CCCC1NC(=O)c1cc(F)ccc1Br. The van der Waals surface area contributed by atoms with Crippen LogP contribution in [0.4, 0.5) is 4.39 Å². The van der Waals surface area contributed by atoms with Gasteiger partial charge in [0.2, 0.25) is 0 Å². The number of nitrogens with one attached hydrogen (secondary N) is 1. The summed E-state index contributed by atoms with van der Waals surface area (Å²) in [6.07, 6.45) is 2.71. The van der Waals surface area contributed by atoms with Crippen LogP contribution in [-0.2, 0) is 0 Å². The molecule has 5 heteroatoms. The molecule has 1 aliphatic rings. The Balaban J connectivity index is 2.15. The third-order valence-corrected chi connectivity index (χ3v) is 4.61. The molecule has 1 amide bonds. The van der Waals surface area contributed by atoms with Crippen LogP contribution >= 0.6 is 15.9 Å². The summed E-state index contributed by atoms with van der Waals surface area (Å²) < 4.78 is 13.8. The summed E-state index contributed by atoms with van der Waals surface area (Å²) in [4.78, 5) is 12.2. The minimum absolute atomic E-state index is 0.0439. The van der Waals surface area contributed by atoms with Crippen molar-refractivity contribution in [2.75, 3.05) is 6.61 Å². The third kappa shape index (κ3) is 2.98. The Hall–Kier alpha value is -0.940. The smallest absolute Gasteiger partial charge is 0.252 e. The van der Waals surface area contributed by atoms with E-state index >= 15 is 0 Å². The Morgan fingerprint density at radius 2 is 2.37 bits per heavy atom. The summed E-state index contributed by atoms with van der Waals surface area (Å²) in [5.74, 6) is -0.748. The molecule has 2 atom stereocenters. The standard InChI is InChI=1S/C14H17BrFNO2/c1-14(8-18)6-2-3-12(14)17-13(19)10-7-9(16)4-5-11(10)15/h4-5,7,12,18H,2-3,6,8H2,1H3,(H,17,19). The Kier molecular flexibility index (Phi) is 4.26. The second-order valence-electron chi connectivity index (χ2n) is 5.35. The second kappa shape index (κ2) is 5.59. The van der Waals surface area contributed by atoms with Gasteiger partial charge < -0.3 is 10.4 Å². The maximum Gasteiger partial charge on any atom is 0.252 e. The Labute approximate surface area is 120 Å². The van der Waals surface area contributed by atoms with Crippen molar-refractivity contribution in [2.24, 2.45) is 5.41 Å². The van der Waals surface area contributed by atoms with Crippen molar-refractivity contribution in [1.29, 1.82) is 0 Å². The number of halogens is 2. The lowest BCUT2D eigenvalue weighted by molar-refractivity contribution is 0.0829. The van der Waals surface area contributed by atoms with Gasteiger partial charge in [-0.1, -0.05) is 13.3 Å². The summed E-state index contributed by atoms with van der Waals surface area (Å²) >= 11 is 3.25. The molecule has 1 saturated carbocycles. The molecule has 0 saturated heterocycles. The molecule has 0 bridgehead atoms. The highest BCUT2D eigenvalue weighted by molar-refractivity contribution is 9.10. The molecule has 104 valence electrons. The zero-order chi connectivity index (χ0) is 14.0. The van der Waals surface area contributed by atoms with Crippen LogP contribution in [0.1, 0.15) is 36.5 Å². The first-order valence-corrected chi connectivity index (χ1v) is 7.12. The molecule has 19 heavy (non-hydrogen) atoms. The molecule has 0 spiro atoms. The number of aliphatic hydroxyl groups excluding tert-OH is 1. The first-order valence-electron chi connectivity index (χ1n) is 6.33. The van der Waals surface area contributed by atoms with E-state index in [9.17, 15) is 14.3 Å². The molecule has 2 rings (SSSR count). The van der Waals surface area contributed by atoms with Gasteiger partial charge in [0.15, 0.2) is 0 Å². The summed E-state index contributed by atoms with van der Waals surface area (Å²) in [7, 11) is 0. The third-order valence-electron chi connectivity index (χ3n) is 3.92. The fourth-order valence-electron chi connectivity index (χ4n) is 2.58. The zero-order valence-electron chi connectivity index (χ0n) is 10.7. The van der Waals surface area contributed by atoms with Gasteiger partial charge in [-0.15, -0.1) is 0 Å². The van der Waals surface area contributed by atoms with Gasteiger partial charge in [0.05, 0.1) is 12.2 Å². The Morgan fingerprint density at radius 3 is 3.05 bits per heavy atom. The van der Waals surface area contributed by atoms with Crippen LogP contribution in [0.3, 0.4) is 0 Å². The van der Waals surface area contributed by atoms with Gasteiger partial charge in [-0.05, 0) is 47.0 Å². The minimum atomic E-state index is -0.440. The predicted octanol–water partition coefficient (Wildman–Crippen LogP) is 2.87. The average molecular weight is 330 g/mol. The van der Waals surface area contributed by atoms with E-state index < -0.39 is 5.82 Å². The molecule has 2 N–H and O–H groups in total. The van der Waals surface area contributed by atoms with Crippen molar-refractivity contribution in [2.45, 2.75) is 32.2 Å². The monoisotopic (exact) mass is 329 g/mol. The van der Waals surface area contributed by atoms with Crippen molar-refractivity contribution in [3.63, 3.8) is 0 Å².